The van der Waals surface area contributed by atoms with E-state index < -0.39 is 17.9 Å². The second kappa shape index (κ2) is 6.27. The van der Waals surface area contributed by atoms with E-state index in [-0.39, 0.29) is 18.8 Å². The highest BCUT2D eigenvalue weighted by atomic mass is 16.5. The molecule has 1 atom stereocenters. The van der Waals surface area contributed by atoms with Crippen LogP contribution in [0.4, 0.5) is 5.82 Å². The van der Waals surface area contributed by atoms with Gasteiger partial charge in [0.2, 0.25) is 0 Å². The van der Waals surface area contributed by atoms with E-state index in [1.54, 1.807) is 12.1 Å². The monoisotopic (exact) mass is 306 g/mol. The van der Waals surface area contributed by atoms with E-state index in [1.807, 2.05) is 0 Å². The number of nitrogens with zero attached hydrogens (tertiary/aromatic N) is 4. The van der Waals surface area contributed by atoms with Crippen LogP contribution in [-0.4, -0.2) is 71.0 Å². The molecular formula is C14H18N4O4. The maximum atomic E-state index is 12.4. The Balaban J connectivity index is 1.74. The molecule has 118 valence electrons. The molecule has 0 bridgehead atoms. The molecule has 1 unspecified atom stereocenters. The number of amides is 1. The van der Waals surface area contributed by atoms with Crippen LogP contribution in [-0.2, 0) is 9.53 Å². The summed E-state index contributed by atoms with van der Waals surface area (Å²) in [6.07, 6.45) is 2.27. The van der Waals surface area contributed by atoms with Crippen molar-refractivity contribution in [3.05, 3.63) is 17.8 Å². The minimum atomic E-state index is -1.07. The number of aromatic nitrogens is 2. The molecule has 0 saturated carbocycles. The molecular weight excluding hydrogens is 288 g/mol. The van der Waals surface area contributed by atoms with Gasteiger partial charge in [0.05, 0.1) is 13.2 Å². The van der Waals surface area contributed by atoms with Gasteiger partial charge in [-0.05, 0) is 25.0 Å². The number of morpholine rings is 1. The van der Waals surface area contributed by atoms with Gasteiger partial charge in [-0.3, -0.25) is 4.79 Å². The van der Waals surface area contributed by atoms with Crippen LogP contribution in [0.1, 0.15) is 23.3 Å². The fourth-order valence-electron chi connectivity index (χ4n) is 2.75. The van der Waals surface area contributed by atoms with Gasteiger partial charge in [0.1, 0.15) is 0 Å². The van der Waals surface area contributed by atoms with Gasteiger partial charge in [0.15, 0.2) is 17.6 Å². The van der Waals surface area contributed by atoms with Crippen molar-refractivity contribution >= 4 is 17.7 Å². The molecule has 8 nitrogen and oxygen atoms in total. The van der Waals surface area contributed by atoms with Crippen molar-refractivity contribution < 1.29 is 19.4 Å². The molecule has 22 heavy (non-hydrogen) atoms. The molecule has 2 aliphatic heterocycles. The van der Waals surface area contributed by atoms with Gasteiger partial charge in [-0.15, -0.1) is 10.2 Å². The van der Waals surface area contributed by atoms with Crippen molar-refractivity contribution in [3.63, 3.8) is 0 Å². The van der Waals surface area contributed by atoms with E-state index in [1.165, 1.54) is 4.90 Å². The molecule has 8 heteroatoms. The van der Waals surface area contributed by atoms with Crippen LogP contribution in [0.5, 0.6) is 0 Å². The average molecular weight is 306 g/mol. The first kappa shape index (κ1) is 14.7. The number of hydrogen-bond acceptors (Lipinski definition) is 6. The van der Waals surface area contributed by atoms with E-state index in [0.29, 0.717) is 6.61 Å². The van der Waals surface area contributed by atoms with Crippen LogP contribution in [0.2, 0.25) is 0 Å². The van der Waals surface area contributed by atoms with Gasteiger partial charge >= 0.3 is 5.97 Å². The second-order valence-electron chi connectivity index (χ2n) is 5.40. The standard InChI is InChI=1S/C14H18N4O4/c19-13(18-7-8-22-9-11(18)14(20)21)10-3-4-12(16-15-10)17-5-1-2-6-17/h3-4,11H,1-2,5-9H2,(H,20,21). The molecule has 2 fully saturated rings. The zero-order chi connectivity index (χ0) is 15.5. The minimum absolute atomic E-state index is 0.000360. The molecule has 1 aromatic heterocycles. The first-order valence-electron chi connectivity index (χ1n) is 7.37. The van der Waals surface area contributed by atoms with E-state index in [9.17, 15) is 14.7 Å². The summed E-state index contributed by atoms with van der Waals surface area (Å²) in [7, 11) is 0. The maximum Gasteiger partial charge on any atom is 0.328 e. The van der Waals surface area contributed by atoms with Gasteiger partial charge in [0, 0.05) is 19.6 Å². The Bertz CT molecular complexity index is 556. The van der Waals surface area contributed by atoms with Gasteiger partial charge in [-0.2, -0.15) is 0 Å². The van der Waals surface area contributed by atoms with E-state index >= 15 is 0 Å². The van der Waals surface area contributed by atoms with Crippen LogP contribution < -0.4 is 4.90 Å². The third kappa shape index (κ3) is 2.87. The van der Waals surface area contributed by atoms with Crippen molar-refractivity contribution in [2.45, 2.75) is 18.9 Å². The fraction of sp³-hybridized carbons (Fsp3) is 0.571. The Hall–Kier alpha value is -2.22. The number of hydrogen-bond donors (Lipinski definition) is 1. The lowest BCUT2D eigenvalue weighted by Gasteiger charge is -2.32. The van der Waals surface area contributed by atoms with E-state index in [2.05, 4.69) is 15.1 Å². The van der Waals surface area contributed by atoms with Crippen LogP contribution in [0, 0.1) is 0 Å². The van der Waals surface area contributed by atoms with E-state index in [4.69, 9.17) is 4.74 Å². The number of carbonyl (C=O) groups is 2. The summed E-state index contributed by atoms with van der Waals surface area (Å²) in [4.78, 5) is 27.1. The normalized spacial score (nSPS) is 21.9. The maximum absolute atomic E-state index is 12.4. The molecule has 0 aliphatic carbocycles. The molecule has 0 spiro atoms. The zero-order valence-electron chi connectivity index (χ0n) is 12.1. The second-order valence-corrected chi connectivity index (χ2v) is 5.40. The summed E-state index contributed by atoms with van der Waals surface area (Å²) in [6.45, 7) is 2.47. The molecule has 2 aliphatic rings. The minimum Gasteiger partial charge on any atom is -0.480 e. The van der Waals surface area contributed by atoms with Gasteiger partial charge in [0.25, 0.3) is 5.91 Å². The molecule has 3 heterocycles. The number of carboxylic acids is 1. The first-order valence-corrected chi connectivity index (χ1v) is 7.37. The summed E-state index contributed by atoms with van der Waals surface area (Å²) in [6, 6.07) is 2.40. The molecule has 1 N–H and O–H groups in total. The number of carbonyl (C=O) groups excluding carboxylic acids is 1. The van der Waals surface area contributed by atoms with Gasteiger partial charge in [-0.1, -0.05) is 0 Å². The van der Waals surface area contributed by atoms with Crippen molar-refractivity contribution in [2.75, 3.05) is 37.7 Å². The zero-order valence-corrected chi connectivity index (χ0v) is 12.1. The lowest BCUT2D eigenvalue weighted by atomic mass is 10.2. The van der Waals surface area contributed by atoms with Crippen molar-refractivity contribution in [1.29, 1.82) is 0 Å². The first-order chi connectivity index (χ1) is 10.7. The number of ether oxygens (including phenoxy) is 1. The predicted molar refractivity (Wildman–Crippen MR) is 76.8 cm³/mol. The predicted octanol–water partition coefficient (Wildman–Crippen LogP) is 0.00240. The van der Waals surface area contributed by atoms with Crippen molar-refractivity contribution in [2.24, 2.45) is 0 Å². The Morgan fingerprint density at radius 1 is 1.18 bits per heavy atom. The summed E-state index contributed by atoms with van der Waals surface area (Å²) >= 11 is 0. The molecule has 1 amide bonds. The summed E-state index contributed by atoms with van der Waals surface area (Å²) < 4.78 is 5.13. The third-order valence-electron chi connectivity index (χ3n) is 3.97. The molecule has 3 rings (SSSR count). The third-order valence-corrected chi connectivity index (χ3v) is 3.97. The Kier molecular flexibility index (Phi) is 4.19. The summed E-state index contributed by atoms with van der Waals surface area (Å²) in [5.74, 6) is -0.739. The Morgan fingerprint density at radius 3 is 2.59 bits per heavy atom. The molecule has 1 aromatic rings. The topological polar surface area (TPSA) is 95.9 Å². The highest BCUT2D eigenvalue weighted by molar-refractivity contribution is 5.95. The number of rotatable bonds is 3. The fourth-order valence-corrected chi connectivity index (χ4v) is 2.75. The molecule has 2 saturated heterocycles. The molecule has 0 radical (unpaired) electrons. The van der Waals surface area contributed by atoms with E-state index in [0.717, 1.165) is 31.7 Å². The van der Waals surface area contributed by atoms with Gasteiger partial charge < -0.3 is 19.6 Å². The van der Waals surface area contributed by atoms with Crippen molar-refractivity contribution in [3.8, 4) is 0 Å². The lowest BCUT2D eigenvalue weighted by molar-refractivity contribution is -0.147. The summed E-state index contributed by atoms with van der Waals surface area (Å²) in [5.41, 5.74) is 0.163. The largest absolute Gasteiger partial charge is 0.480 e. The smallest absolute Gasteiger partial charge is 0.328 e. The molecule has 0 aromatic carbocycles. The lowest BCUT2D eigenvalue weighted by Crippen LogP contribution is -2.52. The SMILES string of the molecule is O=C(O)C1COCCN1C(=O)c1ccc(N2CCCC2)nn1. The quantitative estimate of drug-likeness (QED) is 0.839. The van der Waals surface area contributed by atoms with Gasteiger partial charge in [-0.25, -0.2) is 4.79 Å². The Morgan fingerprint density at radius 2 is 1.95 bits per heavy atom. The van der Waals surface area contributed by atoms with Crippen molar-refractivity contribution in [1.82, 2.24) is 15.1 Å². The van der Waals surface area contributed by atoms with Crippen LogP contribution >= 0.6 is 0 Å². The number of anilines is 1. The average Bonchev–Trinajstić information content (AvgIpc) is 3.09. The Labute approximate surface area is 127 Å². The number of aliphatic carboxylic acids is 1. The summed E-state index contributed by atoms with van der Waals surface area (Å²) in [5, 5.41) is 17.2. The highest BCUT2D eigenvalue weighted by Crippen LogP contribution is 2.18. The van der Waals surface area contributed by atoms with Crippen LogP contribution in [0.25, 0.3) is 0 Å². The van der Waals surface area contributed by atoms with Crippen LogP contribution in [0.15, 0.2) is 12.1 Å². The number of carboxylic acid groups (broad SMARTS) is 1. The highest BCUT2D eigenvalue weighted by Gasteiger charge is 2.34. The van der Waals surface area contributed by atoms with Crippen LogP contribution in [0.3, 0.4) is 0 Å².